The van der Waals surface area contributed by atoms with Crippen LogP contribution in [0.4, 0.5) is 18.9 Å². The van der Waals surface area contributed by atoms with E-state index in [1.54, 1.807) is 19.1 Å². The minimum atomic E-state index is -4.74. The molecule has 37 heavy (non-hydrogen) atoms. The zero-order valence-electron chi connectivity index (χ0n) is 20.5. The number of carbonyl (C=O) groups excluding carboxylic acids is 1. The van der Waals surface area contributed by atoms with Gasteiger partial charge in [-0.1, -0.05) is 38.1 Å². The first-order valence-electron chi connectivity index (χ1n) is 11.4. The molecule has 0 spiro atoms. The molecule has 0 fully saturated rings. The van der Waals surface area contributed by atoms with E-state index in [2.05, 4.69) is 20.5 Å². The molecule has 0 radical (unpaired) electrons. The monoisotopic (exact) mass is 515 g/mol. The van der Waals surface area contributed by atoms with Crippen LogP contribution in [0.3, 0.4) is 0 Å². The molecule has 0 saturated heterocycles. The van der Waals surface area contributed by atoms with Gasteiger partial charge in [0.2, 0.25) is 0 Å². The molecule has 0 unspecified atom stereocenters. The van der Waals surface area contributed by atoms with Crippen LogP contribution in [-0.4, -0.2) is 41.8 Å². The van der Waals surface area contributed by atoms with Gasteiger partial charge in [0, 0.05) is 18.2 Å². The number of hydrogen-bond acceptors (Lipinski definition) is 6. The second-order valence-electron chi connectivity index (χ2n) is 8.86. The van der Waals surface area contributed by atoms with E-state index in [4.69, 9.17) is 0 Å². The van der Waals surface area contributed by atoms with Gasteiger partial charge in [0.15, 0.2) is 17.0 Å². The van der Waals surface area contributed by atoms with Gasteiger partial charge in [0.1, 0.15) is 11.4 Å². The average Bonchev–Trinajstić information content (AvgIpc) is 3.38. The number of nitrogens with one attached hydrogen (secondary N) is 1. The number of carbonyl (C=O) groups is 1. The number of benzene rings is 1. The van der Waals surface area contributed by atoms with Gasteiger partial charge in [0.05, 0.1) is 17.2 Å². The van der Waals surface area contributed by atoms with Crippen LogP contribution < -0.4 is 5.32 Å². The summed E-state index contributed by atoms with van der Waals surface area (Å²) < 4.78 is 43.6. The Balaban J connectivity index is 1.59. The molecule has 0 aliphatic carbocycles. The summed E-state index contributed by atoms with van der Waals surface area (Å²) >= 11 is 0. The third kappa shape index (κ3) is 5.15. The summed E-state index contributed by atoms with van der Waals surface area (Å²) in [7, 11) is 0. The van der Waals surface area contributed by atoms with Gasteiger partial charge in [-0.3, -0.25) is 19.6 Å². The van der Waals surface area contributed by atoms with Crippen molar-refractivity contribution < 1.29 is 22.9 Å². The maximum Gasteiger partial charge on any atom is 0.433 e. The summed E-state index contributed by atoms with van der Waals surface area (Å²) in [5.41, 5.74) is 0.686. The summed E-state index contributed by atoms with van der Waals surface area (Å²) in [5, 5.41) is 21.7. The molecule has 13 heteroatoms. The first-order chi connectivity index (χ1) is 17.4. The normalized spacial score (nSPS) is 11.9. The number of nitrogens with zero attached hydrogens (tertiary/aromatic N) is 6. The second-order valence-corrected chi connectivity index (χ2v) is 8.86. The predicted molar refractivity (Wildman–Crippen MR) is 128 cm³/mol. The zero-order chi connectivity index (χ0) is 27.1. The van der Waals surface area contributed by atoms with Crippen LogP contribution in [0.5, 0.6) is 0 Å². The highest BCUT2D eigenvalue weighted by Crippen LogP contribution is 2.32. The van der Waals surface area contributed by atoms with Gasteiger partial charge in [-0.15, -0.1) is 0 Å². The first kappa shape index (κ1) is 25.8. The predicted octanol–water partition coefficient (Wildman–Crippen LogP) is 4.69. The molecule has 4 rings (SSSR count). The Hall–Kier alpha value is -4.29. The molecule has 1 amide bonds. The highest BCUT2D eigenvalue weighted by molar-refractivity contribution is 5.93. The van der Waals surface area contributed by atoms with Gasteiger partial charge in [-0.05, 0) is 31.4 Å². The summed E-state index contributed by atoms with van der Waals surface area (Å²) in [4.78, 5) is 27.6. The van der Waals surface area contributed by atoms with Crippen LogP contribution in [0.1, 0.15) is 52.9 Å². The number of alkyl halides is 3. The van der Waals surface area contributed by atoms with E-state index in [-0.39, 0.29) is 47.4 Å². The van der Waals surface area contributed by atoms with E-state index in [1.165, 1.54) is 17.7 Å². The van der Waals surface area contributed by atoms with Crippen molar-refractivity contribution in [2.75, 3.05) is 6.54 Å². The van der Waals surface area contributed by atoms with Gasteiger partial charge in [-0.25, -0.2) is 9.50 Å². The second kappa shape index (κ2) is 9.64. The molecule has 0 atom stereocenters. The highest BCUT2D eigenvalue weighted by atomic mass is 19.4. The maximum absolute atomic E-state index is 13.9. The van der Waals surface area contributed by atoms with Crippen molar-refractivity contribution in [1.29, 1.82) is 0 Å². The molecule has 10 nitrogen and oxygen atoms in total. The number of hydrogen-bond donors (Lipinski definition) is 1. The zero-order valence-corrected chi connectivity index (χ0v) is 20.5. The maximum atomic E-state index is 13.9. The van der Waals surface area contributed by atoms with Gasteiger partial charge in [0.25, 0.3) is 5.91 Å². The third-order valence-corrected chi connectivity index (χ3v) is 5.96. The van der Waals surface area contributed by atoms with E-state index in [1.807, 2.05) is 26.0 Å². The molecule has 3 heterocycles. The summed E-state index contributed by atoms with van der Waals surface area (Å²) in [5.74, 6) is -0.444. The van der Waals surface area contributed by atoms with Gasteiger partial charge < -0.3 is 5.32 Å². The van der Waals surface area contributed by atoms with Crippen molar-refractivity contribution in [2.45, 2.75) is 46.3 Å². The lowest BCUT2D eigenvalue weighted by molar-refractivity contribution is -0.386. The fourth-order valence-electron chi connectivity index (χ4n) is 4.01. The quantitative estimate of drug-likeness (QED) is 0.282. The van der Waals surface area contributed by atoms with E-state index in [9.17, 15) is 28.1 Å². The fraction of sp³-hybridized carbons (Fsp3) is 0.333. The van der Waals surface area contributed by atoms with Crippen molar-refractivity contribution in [2.24, 2.45) is 0 Å². The fourth-order valence-corrected chi connectivity index (χ4v) is 4.01. The molecule has 3 aromatic heterocycles. The summed E-state index contributed by atoms with van der Waals surface area (Å²) in [6, 6.07) is 9.19. The topological polar surface area (TPSA) is 120 Å². The number of aryl methyl sites for hydroxylation is 1. The van der Waals surface area contributed by atoms with Crippen LogP contribution >= 0.6 is 0 Å². The molecular weight excluding hydrogens is 491 g/mol. The molecule has 4 aromatic rings. The van der Waals surface area contributed by atoms with Crippen molar-refractivity contribution in [3.8, 4) is 11.3 Å². The Morgan fingerprint density at radius 2 is 1.81 bits per heavy atom. The lowest BCUT2D eigenvalue weighted by Gasteiger charge is -2.12. The Bertz CT molecular complexity index is 1490. The molecule has 194 valence electrons. The van der Waals surface area contributed by atoms with Crippen LogP contribution in [0.25, 0.3) is 16.9 Å². The number of halogens is 3. The van der Waals surface area contributed by atoms with Crippen molar-refractivity contribution in [1.82, 2.24) is 29.7 Å². The Morgan fingerprint density at radius 1 is 1.14 bits per heavy atom. The lowest BCUT2D eigenvalue weighted by Crippen LogP contribution is -2.28. The molecule has 0 bridgehead atoms. The molecule has 0 aliphatic rings. The van der Waals surface area contributed by atoms with Crippen molar-refractivity contribution in [3.63, 3.8) is 0 Å². The Kier molecular flexibility index (Phi) is 6.72. The minimum absolute atomic E-state index is 0.0266. The van der Waals surface area contributed by atoms with E-state index < -0.39 is 22.7 Å². The summed E-state index contributed by atoms with van der Waals surface area (Å²) in [6.07, 6.45) is -4.74. The first-order valence-corrected chi connectivity index (χ1v) is 11.4. The Labute approximate surface area is 209 Å². The third-order valence-electron chi connectivity index (χ3n) is 5.96. The van der Waals surface area contributed by atoms with Crippen molar-refractivity contribution >= 4 is 17.2 Å². The average molecular weight is 515 g/mol. The minimum Gasteiger partial charge on any atom is -0.349 e. The van der Waals surface area contributed by atoms with Gasteiger partial charge >= 0.3 is 11.9 Å². The number of aromatic nitrogens is 5. The van der Waals surface area contributed by atoms with Crippen molar-refractivity contribution in [3.05, 3.63) is 74.9 Å². The van der Waals surface area contributed by atoms with Gasteiger partial charge in [-0.2, -0.15) is 23.4 Å². The van der Waals surface area contributed by atoms with Crippen LogP contribution in [0.2, 0.25) is 0 Å². The Morgan fingerprint density at radius 3 is 2.38 bits per heavy atom. The number of fused-ring (bicyclic) bond motifs is 1. The number of nitro groups is 1. The molecule has 1 N–H and O–H groups in total. The summed E-state index contributed by atoms with van der Waals surface area (Å²) in [6.45, 7) is 7.23. The van der Waals surface area contributed by atoms with E-state index in [0.717, 1.165) is 11.6 Å². The molecule has 0 aliphatic heterocycles. The molecule has 1 aromatic carbocycles. The standard InChI is InChI=1S/C24H24F3N7O3/c1-13(2)16-5-7-17(8-6-16)18-11-20(24(25,26)27)33-21(29-18)12-19(31-33)23(35)28-9-10-32-15(4)22(34(36)37)14(3)30-32/h5-8,11-13H,9-10H2,1-4H3,(H,28,35). The van der Waals surface area contributed by atoms with Crippen LogP contribution in [-0.2, 0) is 12.7 Å². The molecule has 0 saturated carbocycles. The largest absolute Gasteiger partial charge is 0.433 e. The SMILES string of the molecule is Cc1nn(CCNC(=O)c2cc3nc(-c4ccc(C(C)C)cc4)cc(C(F)(F)F)n3n2)c(C)c1[N+](=O)[O-]. The number of amides is 1. The molecular formula is C24H24F3N7O3. The highest BCUT2D eigenvalue weighted by Gasteiger charge is 2.35. The van der Waals surface area contributed by atoms with E-state index >= 15 is 0 Å². The smallest absolute Gasteiger partial charge is 0.349 e. The van der Waals surface area contributed by atoms with Crippen LogP contribution in [0, 0.1) is 24.0 Å². The lowest BCUT2D eigenvalue weighted by atomic mass is 10.0. The van der Waals surface area contributed by atoms with E-state index in [0.29, 0.717) is 15.8 Å². The van der Waals surface area contributed by atoms with Crippen LogP contribution in [0.15, 0.2) is 36.4 Å². The number of rotatable bonds is 7.